The Kier molecular flexibility index (Phi) is 5.02. The number of carbonyl (C=O) groups is 2. The average molecular weight is 369 g/mol. The molecule has 2 N–H and O–H groups in total. The van der Waals surface area contributed by atoms with Crippen LogP contribution in [0.2, 0.25) is 0 Å². The molecule has 7 nitrogen and oxygen atoms in total. The van der Waals surface area contributed by atoms with Crippen molar-refractivity contribution in [2.75, 3.05) is 13.6 Å². The number of nitrogens with zero attached hydrogens (tertiary/aromatic N) is 3. The van der Waals surface area contributed by atoms with Crippen molar-refractivity contribution in [2.24, 2.45) is 0 Å². The maximum absolute atomic E-state index is 11.8. The Bertz CT molecular complexity index is 713. The summed E-state index contributed by atoms with van der Waals surface area (Å²) >= 11 is 3.43. The van der Waals surface area contributed by atoms with E-state index in [1.165, 1.54) is 4.90 Å². The molecule has 2 heterocycles. The summed E-state index contributed by atoms with van der Waals surface area (Å²) in [6.07, 6.45) is 3.68. The van der Waals surface area contributed by atoms with Crippen molar-refractivity contribution in [1.29, 1.82) is 0 Å². The van der Waals surface area contributed by atoms with E-state index in [1.807, 2.05) is 29.8 Å². The van der Waals surface area contributed by atoms with Crippen LogP contribution in [0.1, 0.15) is 17.7 Å². The van der Waals surface area contributed by atoms with Gasteiger partial charge in [-0.1, -0.05) is 0 Å². The van der Waals surface area contributed by atoms with E-state index in [1.54, 1.807) is 7.05 Å². The van der Waals surface area contributed by atoms with E-state index in [0.717, 1.165) is 21.4 Å². The number of aliphatic carboxylic acids is 1. The number of fused-ring (bicyclic) bond motifs is 1. The largest absolute Gasteiger partial charge is 0.481 e. The number of hydrogen-bond acceptors (Lipinski definition) is 3. The molecule has 2 aromatic heterocycles. The Hall–Kier alpha value is -2.09. The summed E-state index contributed by atoms with van der Waals surface area (Å²) in [6, 6.07) is 1.65. The van der Waals surface area contributed by atoms with Gasteiger partial charge in [-0.25, -0.2) is 9.78 Å². The maximum atomic E-state index is 11.8. The van der Waals surface area contributed by atoms with Crippen LogP contribution >= 0.6 is 15.9 Å². The molecule has 0 bridgehead atoms. The van der Waals surface area contributed by atoms with Crippen LogP contribution < -0.4 is 5.32 Å². The minimum absolute atomic E-state index is 0.0779. The van der Waals surface area contributed by atoms with E-state index in [9.17, 15) is 9.59 Å². The highest BCUT2D eigenvalue weighted by molar-refractivity contribution is 9.10. The summed E-state index contributed by atoms with van der Waals surface area (Å²) in [5.74, 6) is -0.930. The topological polar surface area (TPSA) is 86.9 Å². The van der Waals surface area contributed by atoms with Gasteiger partial charge in [0.2, 0.25) is 0 Å². The standard InChI is InChI=1S/C14H17BrN4O3/c1-9-5-10(15)7-19-8-11(17-13(9)19)6-16-14(22)18(2)4-3-12(20)21/h5,7-8H,3-4,6H2,1-2H3,(H,16,22)(H,20,21). The van der Waals surface area contributed by atoms with E-state index in [4.69, 9.17) is 5.11 Å². The number of rotatable bonds is 5. The monoisotopic (exact) mass is 368 g/mol. The van der Waals surface area contributed by atoms with Gasteiger partial charge in [-0.3, -0.25) is 4.79 Å². The van der Waals surface area contributed by atoms with Crippen molar-refractivity contribution in [1.82, 2.24) is 19.6 Å². The number of urea groups is 1. The van der Waals surface area contributed by atoms with Crippen molar-refractivity contribution in [3.8, 4) is 0 Å². The molecule has 0 saturated heterocycles. The minimum atomic E-state index is -0.930. The van der Waals surface area contributed by atoms with Gasteiger partial charge in [0, 0.05) is 30.5 Å². The molecular weight excluding hydrogens is 352 g/mol. The number of halogens is 1. The lowest BCUT2D eigenvalue weighted by atomic mass is 10.3. The number of carboxylic acid groups (broad SMARTS) is 1. The van der Waals surface area contributed by atoms with Gasteiger partial charge in [-0.15, -0.1) is 0 Å². The van der Waals surface area contributed by atoms with E-state index >= 15 is 0 Å². The lowest BCUT2D eigenvalue weighted by Gasteiger charge is -2.16. The quantitative estimate of drug-likeness (QED) is 0.844. The van der Waals surface area contributed by atoms with Gasteiger partial charge in [0.15, 0.2) is 0 Å². The first-order chi connectivity index (χ1) is 10.4. The SMILES string of the molecule is Cc1cc(Br)cn2cc(CNC(=O)N(C)CCC(=O)O)nc12. The number of aryl methyl sites for hydroxylation is 1. The first-order valence-corrected chi connectivity index (χ1v) is 7.50. The third-order valence-electron chi connectivity index (χ3n) is 3.18. The number of hydrogen-bond donors (Lipinski definition) is 2. The summed E-state index contributed by atoms with van der Waals surface area (Å²) in [5, 5.41) is 11.3. The Labute approximate surface area is 136 Å². The first-order valence-electron chi connectivity index (χ1n) is 6.71. The molecule has 0 fully saturated rings. The number of pyridine rings is 1. The Balaban J connectivity index is 1.98. The van der Waals surface area contributed by atoms with Crippen LogP contribution in [0.3, 0.4) is 0 Å². The number of amides is 2. The highest BCUT2D eigenvalue weighted by Gasteiger charge is 2.11. The minimum Gasteiger partial charge on any atom is -0.481 e. The van der Waals surface area contributed by atoms with Gasteiger partial charge in [0.1, 0.15) is 5.65 Å². The molecule has 0 radical (unpaired) electrons. The van der Waals surface area contributed by atoms with Crippen molar-refractivity contribution < 1.29 is 14.7 Å². The van der Waals surface area contributed by atoms with E-state index in [2.05, 4.69) is 26.2 Å². The van der Waals surface area contributed by atoms with Gasteiger partial charge in [-0.2, -0.15) is 0 Å². The van der Waals surface area contributed by atoms with Crippen molar-refractivity contribution in [2.45, 2.75) is 19.9 Å². The van der Waals surface area contributed by atoms with Crippen molar-refractivity contribution in [3.05, 3.63) is 34.2 Å². The van der Waals surface area contributed by atoms with Crippen LogP contribution in [0.25, 0.3) is 5.65 Å². The second-order valence-corrected chi connectivity index (χ2v) is 5.94. The molecule has 8 heteroatoms. The summed E-state index contributed by atoms with van der Waals surface area (Å²) in [7, 11) is 1.56. The molecule has 2 rings (SSSR count). The molecule has 0 aliphatic rings. The zero-order valence-corrected chi connectivity index (χ0v) is 13.9. The zero-order chi connectivity index (χ0) is 16.3. The summed E-state index contributed by atoms with van der Waals surface area (Å²) in [5.41, 5.74) is 2.61. The third kappa shape index (κ3) is 3.97. The fourth-order valence-corrected chi connectivity index (χ4v) is 2.59. The Morgan fingerprint density at radius 1 is 1.45 bits per heavy atom. The Morgan fingerprint density at radius 3 is 2.86 bits per heavy atom. The van der Waals surface area contributed by atoms with Crippen molar-refractivity contribution >= 4 is 33.6 Å². The summed E-state index contributed by atoms with van der Waals surface area (Å²) < 4.78 is 2.86. The summed E-state index contributed by atoms with van der Waals surface area (Å²) in [6.45, 7) is 2.42. The van der Waals surface area contributed by atoms with Crippen LogP contribution in [-0.4, -0.2) is 45.0 Å². The molecule has 0 aromatic carbocycles. The zero-order valence-electron chi connectivity index (χ0n) is 12.3. The molecule has 0 saturated carbocycles. The molecule has 22 heavy (non-hydrogen) atoms. The van der Waals surface area contributed by atoms with Crippen LogP contribution in [-0.2, 0) is 11.3 Å². The fraction of sp³-hybridized carbons (Fsp3) is 0.357. The highest BCUT2D eigenvalue weighted by atomic mass is 79.9. The van der Waals surface area contributed by atoms with E-state index in [-0.39, 0.29) is 25.5 Å². The smallest absolute Gasteiger partial charge is 0.317 e. The maximum Gasteiger partial charge on any atom is 0.317 e. The van der Waals surface area contributed by atoms with Crippen LogP contribution in [0.15, 0.2) is 22.9 Å². The van der Waals surface area contributed by atoms with Gasteiger partial charge < -0.3 is 19.7 Å². The van der Waals surface area contributed by atoms with Gasteiger partial charge >= 0.3 is 12.0 Å². The molecule has 0 spiro atoms. The number of aromatic nitrogens is 2. The predicted octanol–water partition coefficient (Wildman–Crippen LogP) is 2.02. The predicted molar refractivity (Wildman–Crippen MR) is 84.7 cm³/mol. The van der Waals surface area contributed by atoms with Crippen LogP contribution in [0, 0.1) is 6.92 Å². The molecule has 0 atom stereocenters. The lowest BCUT2D eigenvalue weighted by Crippen LogP contribution is -2.38. The van der Waals surface area contributed by atoms with E-state index < -0.39 is 5.97 Å². The molecule has 2 aromatic rings. The number of carboxylic acids is 1. The van der Waals surface area contributed by atoms with Gasteiger partial charge in [0.05, 0.1) is 18.7 Å². The van der Waals surface area contributed by atoms with Crippen LogP contribution in [0.4, 0.5) is 4.79 Å². The van der Waals surface area contributed by atoms with Crippen molar-refractivity contribution in [3.63, 3.8) is 0 Å². The van der Waals surface area contributed by atoms with Gasteiger partial charge in [0.25, 0.3) is 0 Å². The fourth-order valence-electron chi connectivity index (χ4n) is 2.03. The highest BCUT2D eigenvalue weighted by Crippen LogP contribution is 2.17. The molecule has 0 unspecified atom stereocenters. The number of imidazole rings is 1. The normalized spacial score (nSPS) is 10.7. The molecule has 118 valence electrons. The second-order valence-electron chi connectivity index (χ2n) is 5.03. The Morgan fingerprint density at radius 2 is 2.18 bits per heavy atom. The molecule has 0 aliphatic carbocycles. The number of nitrogens with one attached hydrogen (secondary N) is 1. The molecule has 0 aliphatic heterocycles. The van der Waals surface area contributed by atoms with Crippen LogP contribution in [0.5, 0.6) is 0 Å². The van der Waals surface area contributed by atoms with E-state index in [0.29, 0.717) is 0 Å². The van der Waals surface area contributed by atoms with Gasteiger partial charge in [-0.05, 0) is 34.5 Å². The average Bonchev–Trinajstić information content (AvgIpc) is 2.85. The number of carbonyl (C=O) groups excluding carboxylic acids is 1. The third-order valence-corrected chi connectivity index (χ3v) is 3.61. The lowest BCUT2D eigenvalue weighted by molar-refractivity contribution is -0.137. The second kappa shape index (κ2) is 6.78. The first kappa shape index (κ1) is 16.3. The molecule has 2 amide bonds. The molecular formula is C14H17BrN4O3. The summed E-state index contributed by atoms with van der Waals surface area (Å²) in [4.78, 5) is 28.1.